The highest BCUT2D eigenvalue weighted by molar-refractivity contribution is 6.30. The molecule has 1 unspecified atom stereocenters. The number of carbonyl (C=O) groups excluding carboxylic acids is 1. The molecule has 2 aromatic carbocycles. The predicted molar refractivity (Wildman–Crippen MR) is 100 cm³/mol. The minimum absolute atomic E-state index is 0.0105. The van der Waals surface area contributed by atoms with Crippen molar-refractivity contribution in [2.24, 2.45) is 0 Å². The Morgan fingerprint density at radius 1 is 1.20 bits per heavy atom. The minimum atomic E-state index is 0.0105. The summed E-state index contributed by atoms with van der Waals surface area (Å²) in [5.41, 5.74) is 2.09. The molecule has 0 saturated carbocycles. The van der Waals surface area contributed by atoms with Gasteiger partial charge in [0, 0.05) is 24.7 Å². The van der Waals surface area contributed by atoms with Gasteiger partial charge in [0.1, 0.15) is 5.75 Å². The first-order valence-corrected chi connectivity index (χ1v) is 8.84. The summed E-state index contributed by atoms with van der Waals surface area (Å²) < 4.78 is 5.75. The number of ether oxygens (including phenoxy) is 1. The van der Waals surface area contributed by atoms with Crippen LogP contribution in [-0.4, -0.2) is 49.0 Å². The molecule has 1 fully saturated rings. The zero-order chi connectivity index (χ0) is 17.8. The van der Waals surface area contributed by atoms with E-state index >= 15 is 0 Å². The van der Waals surface area contributed by atoms with E-state index in [1.165, 1.54) is 0 Å². The summed E-state index contributed by atoms with van der Waals surface area (Å²) in [5.74, 6) is 0.708. The Labute approximate surface area is 154 Å². The number of piperazine rings is 1. The van der Waals surface area contributed by atoms with Crippen molar-refractivity contribution >= 4 is 17.5 Å². The molecule has 0 N–H and O–H groups in total. The highest BCUT2D eigenvalue weighted by Crippen LogP contribution is 2.26. The summed E-state index contributed by atoms with van der Waals surface area (Å²) >= 11 is 5.97. The van der Waals surface area contributed by atoms with Crippen LogP contribution >= 0.6 is 11.6 Å². The molecule has 0 aromatic heterocycles. The standard InChI is InChI=1S/C20H23ClN2O2/c1-15-12-17(21)8-9-19(15)25-14-20(24)23-11-10-22(2)13-18(23)16-6-4-3-5-7-16/h3-9,12,18H,10-11,13-14H2,1-2H3. The zero-order valence-electron chi connectivity index (χ0n) is 14.6. The van der Waals surface area contributed by atoms with Crippen LogP contribution in [0.15, 0.2) is 48.5 Å². The molecule has 2 aromatic rings. The predicted octanol–water partition coefficient (Wildman–Crippen LogP) is 3.54. The fourth-order valence-corrected chi connectivity index (χ4v) is 3.40. The second-order valence-electron chi connectivity index (χ2n) is 6.47. The maximum Gasteiger partial charge on any atom is 0.261 e. The lowest BCUT2D eigenvalue weighted by Gasteiger charge is -2.40. The molecule has 3 rings (SSSR count). The van der Waals surface area contributed by atoms with Crippen molar-refractivity contribution in [3.63, 3.8) is 0 Å². The maximum atomic E-state index is 12.8. The van der Waals surface area contributed by atoms with Crippen molar-refractivity contribution in [1.82, 2.24) is 9.80 Å². The van der Waals surface area contributed by atoms with Crippen molar-refractivity contribution in [2.45, 2.75) is 13.0 Å². The average Bonchev–Trinajstić information content (AvgIpc) is 2.61. The Hall–Kier alpha value is -2.04. The highest BCUT2D eigenvalue weighted by Gasteiger charge is 2.30. The molecule has 0 radical (unpaired) electrons. The largest absolute Gasteiger partial charge is 0.483 e. The number of rotatable bonds is 4. The number of hydrogen-bond donors (Lipinski definition) is 0. The van der Waals surface area contributed by atoms with E-state index in [0.717, 1.165) is 24.2 Å². The van der Waals surface area contributed by atoms with E-state index in [-0.39, 0.29) is 18.6 Å². The monoisotopic (exact) mass is 358 g/mol. The third kappa shape index (κ3) is 4.33. The second-order valence-corrected chi connectivity index (χ2v) is 6.91. The molecular formula is C20H23ClN2O2. The van der Waals surface area contributed by atoms with E-state index in [4.69, 9.17) is 16.3 Å². The number of aryl methyl sites for hydroxylation is 1. The normalized spacial score (nSPS) is 18.2. The molecule has 1 aliphatic heterocycles. The van der Waals surface area contributed by atoms with Crippen LogP contribution < -0.4 is 4.74 Å². The lowest BCUT2D eigenvalue weighted by Crippen LogP contribution is -2.50. The number of amides is 1. The van der Waals surface area contributed by atoms with E-state index in [1.54, 1.807) is 6.07 Å². The van der Waals surface area contributed by atoms with Gasteiger partial charge in [-0.15, -0.1) is 0 Å². The van der Waals surface area contributed by atoms with E-state index in [0.29, 0.717) is 17.3 Å². The topological polar surface area (TPSA) is 32.8 Å². The lowest BCUT2D eigenvalue weighted by molar-refractivity contribution is -0.138. The van der Waals surface area contributed by atoms with Gasteiger partial charge in [-0.1, -0.05) is 41.9 Å². The number of hydrogen-bond acceptors (Lipinski definition) is 3. The van der Waals surface area contributed by atoms with Crippen LogP contribution in [0.5, 0.6) is 5.75 Å². The molecule has 4 nitrogen and oxygen atoms in total. The van der Waals surface area contributed by atoms with Crippen LogP contribution in [0, 0.1) is 6.92 Å². The summed E-state index contributed by atoms with van der Waals surface area (Å²) in [6.45, 7) is 4.37. The van der Waals surface area contributed by atoms with Crippen LogP contribution in [-0.2, 0) is 4.79 Å². The molecule has 25 heavy (non-hydrogen) atoms. The number of likely N-dealkylation sites (N-methyl/N-ethyl adjacent to an activating group) is 1. The van der Waals surface area contributed by atoms with E-state index in [2.05, 4.69) is 24.1 Å². The Bertz CT molecular complexity index is 736. The molecule has 1 aliphatic rings. The molecule has 1 saturated heterocycles. The van der Waals surface area contributed by atoms with Crippen molar-refractivity contribution in [2.75, 3.05) is 33.3 Å². The Kier molecular flexibility index (Phi) is 5.61. The molecule has 1 heterocycles. The molecule has 0 aliphatic carbocycles. The first kappa shape index (κ1) is 17.8. The van der Waals surface area contributed by atoms with Crippen LogP contribution in [0.3, 0.4) is 0 Å². The Morgan fingerprint density at radius 3 is 2.68 bits per heavy atom. The maximum absolute atomic E-state index is 12.8. The molecule has 0 spiro atoms. The molecule has 1 atom stereocenters. The van der Waals surface area contributed by atoms with Gasteiger partial charge in [-0.05, 0) is 43.3 Å². The number of nitrogens with zero attached hydrogens (tertiary/aromatic N) is 2. The van der Waals surface area contributed by atoms with E-state index in [1.807, 2.05) is 42.2 Å². The highest BCUT2D eigenvalue weighted by atomic mass is 35.5. The summed E-state index contributed by atoms with van der Waals surface area (Å²) in [6, 6.07) is 15.7. The summed E-state index contributed by atoms with van der Waals surface area (Å²) in [4.78, 5) is 17.0. The average molecular weight is 359 g/mol. The van der Waals surface area contributed by atoms with Crippen LogP contribution in [0.25, 0.3) is 0 Å². The number of halogens is 1. The van der Waals surface area contributed by atoms with Crippen molar-refractivity contribution in [3.8, 4) is 5.75 Å². The van der Waals surface area contributed by atoms with Crippen molar-refractivity contribution < 1.29 is 9.53 Å². The van der Waals surface area contributed by atoms with Gasteiger partial charge >= 0.3 is 0 Å². The minimum Gasteiger partial charge on any atom is -0.483 e. The molecule has 132 valence electrons. The van der Waals surface area contributed by atoms with Crippen LogP contribution in [0.1, 0.15) is 17.2 Å². The van der Waals surface area contributed by atoms with Gasteiger partial charge in [0.05, 0.1) is 6.04 Å². The number of benzene rings is 2. The summed E-state index contributed by atoms with van der Waals surface area (Å²) in [6.07, 6.45) is 0. The molecule has 1 amide bonds. The fourth-order valence-electron chi connectivity index (χ4n) is 3.18. The van der Waals surface area contributed by atoms with Gasteiger partial charge in [0.15, 0.2) is 6.61 Å². The number of carbonyl (C=O) groups is 1. The molecular weight excluding hydrogens is 336 g/mol. The van der Waals surface area contributed by atoms with Crippen LogP contribution in [0.4, 0.5) is 0 Å². The van der Waals surface area contributed by atoms with Crippen molar-refractivity contribution in [1.29, 1.82) is 0 Å². The Balaban J connectivity index is 1.70. The SMILES string of the molecule is Cc1cc(Cl)ccc1OCC(=O)N1CCN(C)CC1c1ccccc1. The van der Waals surface area contributed by atoms with Gasteiger partial charge < -0.3 is 14.5 Å². The van der Waals surface area contributed by atoms with E-state index < -0.39 is 0 Å². The zero-order valence-corrected chi connectivity index (χ0v) is 15.4. The quantitative estimate of drug-likeness (QED) is 0.838. The molecule has 5 heteroatoms. The van der Waals surface area contributed by atoms with Gasteiger partial charge in [-0.2, -0.15) is 0 Å². The third-order valence-corrected chi connectivity index (χ3v) is 4.81. The van der Waals surface area contributed by atoms with Gasteiger partial charge in [0.2, 0.25) is 0 Å². The van der Waals surface area contributed by atoms with Gasteiger partial charge in [-0.25, -0.2) is 0 Å². The summed E-state index contributed by atoms with van der Waals surface area (Å²) in [7, 11) is 2.09. The van der Waals surface area contributed by atoms with Gasteiger partial charge in [0.25, 0.3) is 5.91 Å². The molecule has 0 bridgehead atoms. The lowest BCUT2D eigenvalue weighted by atomic mass is 10.0. The van der Waals surface area contributed by atoms with E-state index in [9.17, 15) is 4.79 Å². The smallest absolute Gasteiger partial charge is 0.261 e. The van der Waals surface area contributed by atoms with Crippen LogP contribution in [0.2, 0.25) is 5.02 Å². The first-order valence-electron chi connectivity index (χ1n) is 8.46. The van der Waals surface area contributed by atoms with Gasteiger partial charge in [-0.3, -0.25) is 4.79 Å². The second kappa shape index (κ2) is 7.89. The first-order chi connectivity index (χ1) is 12.0. The Morgan fingerprint density at radius 2 is 1.96 bits per heavy atom. The fraction of sp³-hybridized carbons (Fsp3) is 0.350. The third-order valence-electron chi connectivity index (χ3n) is 4.58. The summed E-state index contributed by atoms with van der Waals surface area (Å²) in [5, 5.41) is 0.666. The van der Waals surface area contributed by atoms with Crippen molar-refractivity contribution in [3.05, 3.63) is 64.7 Å².